The summed E-state index contributed by atoms with van der Waals surface area (Å²) in [6, 6.07) is -0.207. The van der Waals surface area contributed by atoms with Gasteiger partial charge >= 0.3 is 5.97 Å². The van der Waals surface area contributed by atoms with E-state index in [0.29, 0.717) is 11.4 Å². The third-order valence-corrected chi connectivity index (χ3v) is 5.52. The Labute approximate surface area is 125 Å². The smallest absolute Gasteiger partial charge is 0.325 e. The minimum absolute atomic E-state index is 0.0684. The number of nitrogens with zero attached hydrogens (tertiary/aromatic N) is 2. The number of hydrogen-bond acceptors (Lipinski definition) is 4. The number of carboxylic acid groups (broad SMARTS) is 1. The zero-order chi connectivity index (χ0) is 16.4. The topological polar surface area (TPSA) is 101 Å². The largest absolute Gasteiger partial charge is 0.480 e. The van der Waals surface area contributed by atoms with Crippen molar-refractivity contribution in [3.05, 3.63) is 11.4 Å². The quantitative estimate of drug-likeness (QED) is 0.789. The van der Waals surface area contributed by atoms with E-state index in [1.54, 1.807) is 13.8 Å². The molecule has 2 N–H and O–H groups in total. The van der Waals surface area contributed by atoms with Gasteiger partial charge in [0, 0.05) is 6.04 Å². The minimum atomic E-state index is -3.72. The first-order chi connectivity index (χ1) is 9.60. The van der Waals surface area contributed by atoms with Crippen molar-refractivity contribution < 1.29 is 18.3 Å². The van der Waals surface area contributed by atoms with Crippen molar-refractivity contribution >= 4 is 16.0 Å². The van der Waals surface area contributed by atoms with Gasteiger partial charge in [0.15, 0.2) is 0 Å². The molecule has 1 aromatic heterocycles. The van der Waals surface area contributed by atoms with Gasteiger partial charge in [-0.05, 0) is 26.7 Å². The van der Waals surface area contributed by atoms with Crippen molar-refractivity contribution in [1.29, 1.82) is 0 Å². The van der Waals surface area contributed by atoms with Gasteiger partial charge in [-0.15, -0.1) is 0 Å². The highest BCUT2D eigenvalue weighted by molar-refractivity contribution is 7.89. The molecule has 2 atom stereocenters. The van der Waals surface area contributed by atoms with Crippen molar-refractivity contribution in [3.8, 4) is 0 Å². The summed E-state index contributed by atoms with van der Waals surface area (Å²) < 4.78 is 28.8. The Morgan fingerprint density at radius 3 is 2.43 bits per heavy atom. The van der Waals surface area contributed by atoms with E-state index in [2.05, 4.69) is 9.82 Å². The van der Waals surface area contributed by atoms with Crippen LogP contribution in [0.25, 0.3) is 0 Å². The monoisotopic (exact) mass is 317 g/mol. The molecule has 1 heterocycles. The molecule has 0 amide bonds. The molecule has 0 aromatic carbocycles. The summed E-state index contributed by atoms with van der Waals surface area (Å²) in [7, 11) is -3.72. The van der Waals surface area contributed by atoms with Crippen LogP contribution in [0.2, 0.25) is 0 Å². The van der Waals surface area contributed by atoms with E-state index in [9.17, 15) is 13.2 Å². The lowest BCUT2D eigenvalue weighted by Gasteiger charge is -2.19. The first-order valence-corrected chi connectivity index (χ1v) is 8.36. The Morgan fingerprint density at radius 2 is 1.95 bits per heavy atom. The number of carbonyl (C=O) groups is 1. The molecule has 0 saturated carbocycles. The molecule has 1 rings (SSSR count). The zero-order valence-corrected chi connectivity index (χ0v) is 13.9. The molecule has 7 nitrogen and oxygen atoms in total. The summed E-state index contributed by atoms with van der Waals surface area (Å²) in [6.45, 7) is 8.55. The Bertz CT molecular complexity index is 622. The molecule has 0 spiro atoms. The third kappa shape index (κ3) is 4.04. The van der Waals surface area contributed by atoms with Gasteiger partial charge in [-0.25, -0.2) is 13.1 Å². The fraction of sp³-hybridized carbons (Fsp3) is 0.692. The SMILES string of the molecule is CCC(C)C(C)NS(=O)(=O)c1c(C)nn(CC(=O)O)c1C. The molecule has 120 valence electrons. The van der Waals surface area contributed by atoms with Crippen molar-refractivity contribution in [3.63, 3.8) is 0 Å². The van der Waals surface area contributed by atoms with Crippen LogP contribution in [0.15, 0.2) is 4.90 Å². The second-order valence-corrected chi connectivity index (χ2v) is 7.00. The van der Waals surface area contributed by atoms with E-state index in [4.69, 9.17) is 5.11 Å². The van der Waals surface area contributed by atoms with Crippen LogP contribution in [0.4, 0.5) is 0 Å². The molecule has 21 heavy (non-hydrogen) atoms. The molecule has 8 heteroatoms. The van der Waals surface area contributed by atoms with E-state index in [1.165, 1.54) is 4.68 Å². The van der Waals surface area contributed by atoms with Crippen LogP contribution in [0.1, 0.15) is 38.6 Å². The first kappa shape index (κ1) is 17.6. The lowest BCUT2D eigenvalue weighted by Crippen LogP contribution is -2.37. The average molecular weight is 317 g/mol. The van der Waals surface area contributed by atoms with E-state index in [0.717, 1.165) is 6.42 Å². The van der Waals surface area contributed by atoms with Crippen molar-refractivity contribution in [2.75, 3.05) is 0 Å². The van der Waals surface area contributed by atoms with Crippen LogP contribution < -0.4 is 4.72 Å². The summed E-state index contributed by atoms with van der Waals surface area (Å²) in [5, 5.41) is 12.8. The van der Waals surface area contributed by atoms with Crippen molar-refractivity contribution in [2.45, 2.75) is 58.5 Å². The normalized spacial score (nSPS) is 14.9. The Balaban J connectivity index is 3.14. The summed E-state index contributed by atoms with van der Waals surface area (Å²) >= 11 is 0. The number of hydrogen-bond donors (Lipinski definition) is 2. The molecule has 0 saturated heterocycles. The number of nitrogens with one attached hydrogen (secondary N) is 1. The van der Waals surface area contributed by atoms with Gasteiger partial charge in [-0.3, -0.25) is 9.48 Å². The molecule has 0 bridgehead atoms. The number of sulfonamides is 1. The Kier molecular flexibility index (Phi) is 5.52. The van der Waals surface area contributed by atoms with Crippen LogP contribution in [0.3, 0.4) is 0 Å². The highest BCUT2D eigenvalue weighted by Gasteiger charge is 2.27. The maximum absolute atomic E-state index is 12.5. The first-order valence-electron chi connectivity index (χ1n) is 6.88. The number of carboxylic acids is 1. The summed E-state index contributed by atoms with van der Waals surface area (Å²) in [5.74, 6) is -0.861. The molecule has 0 aliphatic carbocycles. The van der Waals surface area contributed by atoms with Gasteiger partial charge in [0.2, 0.25) is 10.0 Å². The molecule has 0 aliphatic heterocycles. The molecular weight excluding hydrogens is 294 g/mol. The van der Waals surface area contributed by atoms with Crippen LogP contribution in [0, 0.1) is 19.8 Å². The summed E-state index contributed by atoms with van der Waals surface area (Å²) in [4.78, 5) is 10.8. The lowest BCUT2D eigenvalue weighted by molar-refractivity contribution is -0.137. The van der Waals surface area contributed by atoms with Gasteiger partial charge in [-0.1, -0.05) is 20.3 Å². The molecule has 0 aliphatic rings. The third-order valence-electron chi connectivity index (χ3n) is 3.71. The average Bonchev–Trinajstić information content (AvgIpc) is 2.62. The van der Waals surface area contributed by atoms with Crippen molar-refractivity contribution in [2.24, 2.45) is 5.92 Å². The fourth-order valence-corrected chi connectivity index (χ4v) is 3.89. The van der Waals surface area contributed by atoms with E-state index in [-0.39, 0.29) is 23.4 Å². The number of aliphatic carboxylic acids is 1. The molecule has 1 aromatic rings. The standard InChI is InChI=1S/C13H23N3O4S/c1-6-8(2)9(3)15-21(19,20)13-10(4)14-16(11(13)5)7-12(17)18/h8-9,15H,6-7H2,1-5H3,(H,17,18). The Hall–Kier alpha value is -1.41. The summed E-state index contributed by atoms with van der Waals surface area (Å²) in [5.41, 5.74) is 0.636. The highest BCUT2D eigenvalue weighted by atomic mass is 32.2. The Morgan fingerprint density at radius 1 is 1.38 bits per heavy atom. The fourth-order valence-electron chi connectivity index (χ4n) is 2.12. The second kappa shape index (κ2) is 6.57. The minimum Gasteiger partial charge on any atom is -0.480 e. The van der Waals surface area contributed by atoms with E-state index < -0.39 is 16.0 Å². The van der Waals surface area contributed by atoms with Gasteiger partial charge in [0.25, 0.3) is 0 Å². The van der Waals surface area contributed by atoms with Gasteiger partial charge in [0.1, 0.15) is 11.4 Å². The van der Waals surface area contributed by atoms with Crippen LogP contribution in [-0.2, 0) is 21.4 Å². The maximum Gasteiger partial charge on any atom is 0.325 e. The van der Waals surface area contributed by atoms with Crippen LogP contribution in [0.5, 0.6) is 0 Å². The highest BCUT2D eigenvalue weighted by Crippen LogP contribution is 2.20. The molecule has 2 unspecified atom stereocenters. The predicted molar refractivity (Wildman–Crippen MR) is 78.6 cm³/mol. The maximum atomic E-state index is 12.5. The van der Waals surface area contributed by atoms with Gasteiger partial charge < -0.3 is 5.11 Å². The van der Waals surface area contributed by atoms with E-state index >= 15 is 0 Å². The van der Waals surface area contributed by atoms with Gasteiger partial charge in [-0.2, -0.15) is 5.10 Å². The number of aromatic nitrogens is 2. The molecular formula is C13H23N3O4S. The molecule has 0 fully saturated rings. The number of aryl methyl sites for hydroxylation is 1. The summed E-state index contributed by atoms with van der Waals surface area (Å²) in [6.07, 6.45) is 0.861. The second-order valence-electron chi connectivity index (χ2n) is 5.35. The van der Waals surface area contributed by atoms with E-state index in [1.807, 2.05) is 20.8 Å². The molecule has 0 radical (unpaired) electrons. The van der Waals surface area contributed by atoms with Gasteiger partial charge in [0.05, 0.1) is 11.4 Å². The lowest BCUT2D eigenvalue weighted by atomic mass is 10.0. The number of rotatable bonds is 7. The van der Waals surface area contributed by atoms with Crippen LogP contribution in [-0.4, -0.2) is 35.3 Å². The predicted octanol–water partition coefficient (Wildman–Crippen LogP) is 1.30. The van der Waals surface area contributed by atoms with Crippen LogP contribution >= 0.6 is 0 Å². The van der Waals surface area contributed by atoms with Crippen molar-refractivity contribution in [1.82, 2.24) is 14.5 Å². The zero-order valence-electron chi connectivity index (χ0n) is 13.0.